The van der Waals surface area contributed by atoms with Gasteiger partial charge in [-0.25, -0.2) is 0 Å². The normalized spacial score (nSPS) is 13.0. The summed E-state index contributed by atoms with van der Waals surface area (Å²) in [5, 5.41) is 8.38. The third-order valence-corrected chi connectivity index (χ3v) is 3.93. The van der Waals surface area contributed by atoms with Crippen LogP contribution in [0.15, 0.2) is 12.3 Å². The minimum atomic E-state index is 0.460. The molecule has 0 bridgehead atoms. The van der Waals surface area contributed by atoms with Gasteiger partial charge in [0.1, 0.15) is 0 Å². The predicted octanol–water partition coefficient (Wildman–Crippen LogP) is 3.58. The number of nitrogens with zero attached hydrogens (tertiary/aromatic N) is 2. The molecule has 1 aromatic heterocycles. The van der Waals surface area contributed by atoms with Gasteiger partial charge < -0.3 is 10.1 Å². The fraction of sp³-hybridized carbons (Fsp3) is 0.824. The molecule has 0 amide bonds. The average Bonchev–Trinajstić information content (AvgIpc) is 2.94. The molecule has 122 valence electrons. The molecule has 1 unspecified atom stereocenters. The molecular formula is C17H33N3O. The predicted molar refractivity (Wildman–Crippen MR) is 88.7 cm³/mol. The zero-order valence-electron chi connectivity index (χ0n) is 14.3. The maximum Gasteiger partial charge on any atom is 0.0640 e. The Morgan fingerprint density at radius 3 is 2.62 bits per heavy atom. The van der Waals surface area contributed by atoms with Gasteiger partial charge in [0.2, 0.25) is 0 Å². The first kappa shape index (κ1) is 18.2. The van der Waals surface area contributed by atoms with Crippen molar-refractivity contribution in [3.05, 3.63) is 18.0 Å². The second-order valence-corrected chi connectivity index (χ2v) is 5.60. The quantitative estimate of drug-likeness (QED) is 0.599. The van der Waals surface area contributed by atoms with E-state index >= 15 is 0 Å². The number of rotatable bonds is 12. The van der Waals surface area contributed by atoms with Crippen LogP contribution in [0.1, 0.15) is 65.1 Å². The van der Waals surface area contributed by atoms with Crippen LogP contribution in [-0.2, 0) is 11.2 Å². The Labute approximate surface area is 130 Å². The topological polar surface area (TPSA) is 39.1 Å². The molecule has 4 heteroatoms. The summed E-state index contributed by atoms with van der Waals surface area (Å²) >= 11 is 0. The van der Waals surface area contributed by atoms with Crippen molar-refractivity contribution in [1.29, 1.82) is 0 Å². The smallest absolute Gasteiger partial charge is 0.0640 e. The molecule has 1 atom stereocenters. The van der Waals surface area contributed by atoms with Crippen molar-refractivity contribution in [3.63, 3.8) is 0 Å². The summed E-state index contributed by atoms with van der Waals surface area (Å²) in [6.07, 6.45) is 7.60. The van der Waals surface area contributed by atoms with E-state index in [1.54, 1.807) is 0 Å². The first-order chi connectivity index (χ1) is 10.2. The molecule has 4 nitrogen and oxygen atoms in total. The van der Waals surface area contributed by atoms with Crippen molar-refractivity contribution < 1.29 is 4.74 Å². The highest BCUT2D eigenvalue weighted by Crippen LogP contribution is 2.15. The Bertz CT molecular complexity index is 361. The minimum Gasteiger partial charge on any atom is -0.382 e. The molecular weight excluding hydrogens is 262 g/mol. The molecule has 0 aliphatic rings. The van der Waals surface area contributed by atoms with E-state index in [1.165, 1.54) is 5.69 Å². The van der Waals surface area contributed by atoms with Gasteiger partial charge in [-0.1, -0.05) is 20.8 Å². The van der Waals surface area contributed by atoms with E-state index in [0.29, 0.717) is 12.1 Å². The molecule has 0 aromatic carbocycles. The summed E-state index contributed by atoms with van der Waals surface area (Å²) in [7, 11) is 0. The number of hydrogen-bond donors (Lipinski definition) is 1. The van der Waals surface area contributed by atoms with Gasteiger partial charge in [-0.05, 0) is 45.2 Å². The molecule has 1 N–H and O–H groups in total. The molecule has 0 aliphatic heterocycles. The van der Waals surface area contributed by atoms with Crippen LogP contribution in [0, 0.1) is 0 Å². The lowest BCUT2D eigenvalue weighted by Crippen LogP contribution is -2.33. The highest BCUT2D eigenvalue weighted by Gasteiger charge is 2.13. The van der Waals surface area contributed by atoms with Crippen molar-refractivity contribution in [2.75, 3.05) is 19.8 Å². The summed E-state index contributed by atoms with van der Waals surface area (Å²) in [4.78, 5) is 0. The molecule has 0 saturated carbocycles. The van der Waals surface area contributed by atoms with Crippen molar-refractivity contribution in [2.24, 2.45) is 0 Å². The largest absolute Gasteiger partial charge is 0.382 e. The Morgan fingerprint density at radius 2 is 2.00 bits per heavy atom. The van der Waals surface area contributed by atoms with Gasteiger partial charge in [0.25, 0.3) is 0 Å². The molecule has 0 saturated heterocycles. The second kappa shape index (κ2) is 10.8. The third kappa shape index (κ3) is 6.62. The van der Waals surface area contributed by atoms with Crippen LogP contribution < -0.4 is 5.32 Å². The van der Waals surface area contributed by atoms with E-state index in [1.807, 2.05) is 6.92 Å². The molecule has 1 rings (SSSR count). The Balaban J connectivity index is 2.56. The van der Waals surface area contributed by atoms with Crippen LogP contribution in [0.25, 0.3) is 0 Å². The SMILES string of the molecule is CCCNC(CCOCC)Cc1ccn(C(CC)CC)n1. The molecule has 0 aliphatic carbocycles. The first-order valence-electron chi connectivity index (χ1n) is 8.60. The zero-order valence-corrected chi connectivity index (χ0v) is 14.3. The lowest BCUT2D eigenvalue weighted by molar-refractivity contribution is 0.136. The van der Waals surface area contributed by atoms with Crippen LogP contribution >= 0.6 is 0 Å². The van der Waals surface area contributed by atoms with Crippen LogP contribution in [0.4, 0.5) is 0 Å². The van der Waals surface area contributed by atoms with Gasteiger partial charge in [0.05, 0.1) is 11.7 Å². The summed E-state index contributed by atoms with van der Waals surface area (Å²) in [5.74, 6) is 0. The van der Waals surface area contributed by atoms with E-state index < -0.39 is 0 Å². The lowest BCUT2D eigenvalue weighted by atomic mass is 10.1. The number of nitrogens with one attached hydrogen (secondary N) is 1. The maximum atomic E-state index is 5.49. The van der Waals surface area contributed by atoms with Gasteiger partial charge in [-0.2, -0.15) is 5.10 Å². The Hall–Kier alpha value is -0.870. The van der Waals surface area contributed by atoms with Crippen LogP contribution in [-0.4, -0.2) is 35.6 Å². The summed E-state index contributed by atoms with van der Waals surface area (Å²) < 4.78 is 7.63. The van der Waals surface area contributed by atoms with Gasteiger partial charge in [-0.15, -0.1) is 0 Å². The van der Waals surface area contributed by atoms with E-state index in [2.05, 4.69) is 43.0 Å². The van der Waals surface area contributed by atoms with E-state index in [9.17, 15) is 0 Å². The highest BCUT2D eigenvalue weighted by atomic mass is 16.5. The Morgan fingerprint density at radius 1 is 1.24 bits per heavy atom. The standard InChI is InChI=1S/C17H33N3O/c1-5-11-18-15(10-13-21-8-4)14-16-9-12-20(19-16)17(6-2)7-3/h9,12,15,17-18H,5-8,10-11,13-14H2,1-4H3. The molecule has 21 heavy (non-hydrogen) atoms. The fourth-order valence-electron chi connectivity index (χ4n) is 2.60. The van der Waals surface area contributed by atoms with Crippen molar-refractivity contribution >= 4 is 0 Å². The summed E-state index contributed by atoms with van der Waals surface area (Å²) in [5.41, 5.74) is 1.19. The zero-order chi connectivity index (χ0) is 15.5. The minimum absolute atomic E-state index is 0.460. The van der Waals surface area contributed by atoms with Crippen LogP contribution in [0.5, 0.6) is 0 Å². The average molecular weight is 295 g/mol. The number of hydrogen-bond acceptors (Lipinski definition) is 3. The molecule has 0 fully saturated rings. The molecule has 0 spiro atoms. The molecule has 0 radical (unpaired) electrons. The van der Waals surface area contributed by atoms with E-state index in [0.717, 1.165) is 51.9 Å². The van der Waals surface area contributed by atoms with Crippen LogP contribution in [0.2, 0.25) is 0 Å². The van der Waals surface area contributed by atoms with Gasteiger partial charge in [0, 0.05) is 31.9 Å². The van der Waals surface area contributed by atoms with Crippen molar-refractivity contribution in [1.82, 2.24) is 15.1 Å². The Kier molecular flexibility index (Phi) is 9.35. The third-order valence-electron chi connectivity index (χ3n) is 3.93. The molecule has 1 heterocycles. The summed E-state index contributed by atoms with van der Waals surface area (Å²) in [6.45, 7) is 11.4. The van der Waals surface area contributed by atoms with Gasteiger partial charge >= 0.3 is 0 Å². The monoisotopic (exact) mass is 295 g/mol. The van der Waals surface area contributed by atoms with E-state index in [4.69, 9.17) is 9.84 Å². The second-order valence-electron chi connectivity index (χ2n) is 5.60. The molecule has 1 aromatic rings. The van der Waals surface area contributed by atoms with Crippen molar-refractivity contribution in [3.8, 4) is 0 Å². The summed E-state index contributed by atoms with van der Waals surface area (Å²) in [6, 6.07) is 3.16. The van der Waals surface area contributed by atoms with Gasteiger partial charge in [0.15, 0.2) is 0 Å². The van der Waals surface area contributed by atoms with Crippen molar-refractivity contribution in [2.45, 2.75) is 71.9 Å². The number of aromatic nitrogens is 2. The van der Waals surface area contributed by atoms with Crippen LogP contribution in [0.3, 0.4) is 0 Å². The first-order valence-corrected chi connectivity index (χ1v) is 8.60. The maximum absolute atomic E-state index is 5.49. The van der Waals surface area contributed by atoms with E-state index in [-0.39, 0.29) is 0 Å². The van der Waals surface area contributed by atoms with Gasteiger partial charge in [-0.3, -0.25) is 4.68 Å². The highest BCUT2D eigenvalue weighted by molar-refractivity contribution is 5.02. The fourth-order valence-corrected chi connectivity index (χ4v) is 2.60. The lowest BCUT2D eigenvalue weighted by Gasteiger charge is -2.17. The number of ether oxygens (including phenoxy) is 1.